The van der Waals surface area contributed by atoms with E-state index in [0.717, 1.165) is 12.5 Å². The first-order chi connectivity index (χ1) is 8.11. The van der Waals surface area contributed by atoms with Crippen LogP contribution in [0.5, 0.6) is 0 Å². The molecule has 1 fully saturated rings. The molecular weight excluding hydrogens is 278 g/mol. The third-order valence-electron chi connectivity index (χ3n) is 3.33. The minimum atomic E-state index is 0.458. The molecule has 1 N–H and O–H groups in total. The Bertz CT molecular complexity index is 378. The number of rotatable bonds is 5. The van der Waals surface area contributed by atoms with Gasteiger partial charge in [0.1, 0.15) is 0 Å². The van der Waals surface area contributed by atoms with Gasteiger partial charge in [-0.3, -0.25) is 0 Å². The van der Waals surface area contributed by atoms with Crippen LogP contribution < -0.4 is 5.32 Å². The fraction of sp³-hybridized carbons (Fsp3) is 0.571. The van der Waals surface area contributed by atoms with E-state index in [2.05, 4.69) is 47.2 Å². The average molecular weight is 298 g/mol. The lowest BCUT2D eigenvalue weighted by Crippen LogP contribution is -2.27. The minimum Gasteiger partial charge on any atom is -0.383 e. The summed E-state index contributed by atoms with van der Waals surface area (Å²) in [5.74, 6) is 0.791. The van der Waals surface area contributed by atoms with Crippen molar-refractivity contribution < 1.29 is 4.74 Å². The number of halogens is 1. The third kappa shape index (κ3) is 3.23. The van der Waals surface area contributed by atoms with E-state index in [1.807, 2.05) is 0 Å². The zero-order valence-corrected chi connectivity index (χ0v) is 12.3. The van der Waals surface area contributed by atoms with Crippen molar-refractivity contribution in [2.45, 2.75) is 32.7 Å². The monoisotopic (exact) mass is 297 g/mol. The summed E-state index contributed by atoms with van der Waals surface area (Å²) in [5.41, 5.74) is 3.76. The highest BCUT2D eigenvalue weighted by molar-refractivity contribution is 9.10. The highest BCUT2D eigenvalue weighted by Gasteiger charge is 2.31. The van der Waals surface area contributed by atoms with Crippen molar-refractivity contribution in [2.24, 2.45) is 5.92 Å². The summed E-state index contributed by atoms with van der Waals surface area (Å²) in [6, 6.07) is 4.85. The van der Waals surface area contributed by atoms with Gasteiger partial charge in [-0.25, -0.2) is 0 Å². The first-order valence-electron chi connectivity index (χ1n) is 6.14. The van der Waals surface area contributed by atoms with Gasteiger partial charge in [0.05, 0.1) is 12.6 Å². The van der Waals surface area contributed by atoms with Crippen molar-refractivity contribution >= 4 is 21.6 Å². The number of hydrogen-bond donors (Lipinski definition) is 1. The lowest BCUT2D eigenvalue weighted by atomic mass is 10.1. The number of nitrogens with one attached hydrogen (secondary N) is 1. The van der Waals surface area contributed by atoms with Gasteiger partial charge in [-0.05, 0) is 55.9 Å². The van der Waals surface area contributed by atoms with Crippen LogP contribution in [-0.4, -0.2) is 19.8 Å². The first-order valence-corrected chi connectivity index (χ1v) is 6.93. The molecule has 1 aliphatic carbocycles. The van der Waals surface area contributed by atoms with Crippen LogP contribution in [0.2, 0.25) is 0 Å². The van der Waals surface area contributed by atoms with Crippen LogP contribution in [0.1, 0.15) is 24.0 Å². The largest absolute Gasteiger partial charge is 0.383 e. The average Bonchev–Trinajstić information content (AvgIpc) is 3.09. The van der Waals surface area contributed by atoms with Gasteiger partial charge in [-0.2, -0.15) is 0 Å². The van der Waals surface area contributed by atoms with Crippen LogP contribution in [0.4, 0.5) is 5.69 Å². The van der Waals surface area contributed by atoms with E-state index in [1.165, 1.54) is 34.1 Å². The van der Waals surface area contributed by atoms with E-state index in [4.69, 9.17) is 4.74 Å². The second-order valence-electron chi connectivity index (χ2n) is 4.97. The molecule has 94 valence electrons. The Morgan fingerprint density at radius 2 is 1.94 bits per heavy atom. The number of aryl methyl sites for hydroxylation is 2. The lowest BCUT2D eigenvalue weighted by Gasteiger charge is -2.20. The molecule has 1 aromatic carbocycles. The summed E-state index contributed by atoms with van der Waals surface area (Å²) in [5, 5.41) is 3.60. The molecule has 2 nitrogen and oxygen atoms in total. The van der Waals surface area contributed by atoms with Crippen molar-refractivity contribution in [2.75, 3.05) is 19.0 Å². The Balaban J connectivity index is 2.11. The Morgan fingerprint density at radius 3 is 2.41 bits per heavy atom. The van der Waals surface area contributed by atoms with Crippen molar-refractivity contribution in [3.05, 3.63) is 27.7 Å². The van der Waals surface area contributed by atoms with Gasteiger partial charge < -0.3 is 10.1 Å². The molecule has 0 spiro atoms. The van der Waals surface area contributed by atoms with Gasteiger partial charge >= 0.3 is 0 Å². The van der Waals surface area contributed by atoms with Crippen LogP contribution in [0.15, 0.2) is 16.6 Å². The molecule has 1 aromatic rings. The summed E-state index contributed by atoms with van der Waals surface area (Å²) < 4.78 is 6.50. The Hall–Kier alpha value is -0.540. The maximum atomic E-state index is 5.29. The van der Waals surface area contributed by atoms with Crippen LogP contribution in [0, 0.1) is 19.8 Å². The number of anilines is 1. The molecule has 1 aliphatic rings. The van der Waals surface area contributed by atoms with E-state index >= 15 is 0 Å². The number of benzene rings is 1. The van der Waals surface area contributed by atoms with Crippen molar-refractivity contribution in [1.82, 2.24) is 0 Å². The molecule has 0 bridgehead atoms. The fourth-order valence-electron chi connectivity index (χ4n) is 2.22. The van der Waals surface area contributed by atoms with Gasteiger partial charge in [0.25, 0.3) is 0 Å². The second-order valence-corrected chi connectivity index (χ2v) is 5.76. The maximum Gasteiger partial charge on any atom is 0.0666 e. The predicted molar refractivity (Wildman–Crippen MR) is 75.6 cm³/mol. The van der Waals surface area contributed by atoms with E-state index in [-0.39, 0.29) is 0 Å². The van der Waals surface area contributed by atoms with Gasteiger partial charge in [-0.15, -0.1) is 0 Å². The smallest absolute Gasteiger partial charge is 0.0666 e. The van der Waals surface area contributed by atoms with E-state index in [9.17, 15) is 0 Å². The first kappa shape index (κ1) is 12.9. The molecule has 0 radical (unpaired) electrons. The number of hydrogen-bond acceptors (Lipinski definition) is 2. The number of ether oxygens (including phenoxy) is 1. The normalized spacial score (nSPS) is 16.9. The van der Waals surface area contributed by atoms with Gasteiger partial charge in [0, 0.05) is 17.3 Å². The van der Waals surface area contributed by atoms with Gasteiger partial charge in [-0.1, -0.05) is 15.9 Å². The van der Waals surface area contributed by atoms with Crippen molar-refractivity contribution in [1.29, 1.82) is 0 Å². The molecule has 0 saturated heterocycles. The fourth-order valence-corrected chi connectivity index (χ4v) is 2.45. The van der Waals surface area contributed by atoms with E-state index < -0.39 is 0 Å². The molecule has 0 aromatic heterocycles. The predicted octanol–water partition coefficient (Wildman–Crippen LogP) is 3.90. The van der Waals surface area contributed by atoms with Crippen LogP contribution in [0.3, 0.4) is 0 Å². The molecule has 3 heteroatoms. The minimum absolute atomic E-state index is 0.458. The number of methoxy groups -OCH3 is 1. The zero-order chi connectivity index (χ0) is 12.4. The highest BCUT2D eigenvalue weighted by Crippen LogP contribution is 2.35. The molecule has 1 saturated carbocycles. The topological polar surface area (TPSA) is 21.3 Å². The van der Waals surface area contributed by atoms with E-state index in [0.29, 0.717) is 6.04 Å². The maximum absolute atomic E-state index is 5.29. The van der Waals surface area contributed by atoms with Crippen molar-refractivity contribution in [3.8, 4) is 0 Å². The SMILES string of the molecule is COCC(Nc1cc(C)c(Br)c(C)c1)C1CC1. The van der Waals surface area contributed by atoms with Crippen LogP contribution >= 0.6 is 15.9 Å². The molecule has 0 amide bonds. The quantitative estimate of drug-likeness (QED) is 0.890. The standard InChI is InChI=1S/C14H20BrNO/c1-9-6-12(7-10(2)14(9)15)16-13(8-17-3)11-4-5-11/h6-7,11,13,16H,4-5,8H2,1-3H3. The van der Waals surface area contributed by atoms with Gasteiger partial charge in [0.15, 0.2) is 0 Å². The summed E-state index contributed by atoms with van der Waals surface area (Å²) in [7, 11) is 1.77. The summed E-state index contributed by atoms with van der Waals surface area (Å²) in [6.45, 7) is 5.05. The Morgan fingerprint density at radius 1 is 1.35 bits per heavy atom. The highest BCUT2D eigenvalue weighted by atomic mass is 79.9. The lowest BCUT2D eigenvalue weighted by molar-refractivity contribution is 0.179. The molecule has 0 aliphatic heterocycles. The Kier molecular flexibility index (Phi) is 4.10. The summed E-state index contributed by atoms with van der Waals surface area (Å²) >= 11 is 3.60. The zero-order valence-electron chi connectivity index (χ0n) is 10.7. The van der Waals surface area contributed by atoms with Gasteiger partial charge in [0.2, 0.25) is 0 Å². The molecule has 2 rings (SSSR count). The summed E-state index contributed by atoms with van der Waals surface area (Å²) in [6.07, 6.45) is 2.66. The van der Waals surface area contributed by atoms with Crippen molar-refractivity contribution in [3.63, 3.8) is 0 Å². The Labute approximate surface area is 112 Å². The third-order valence-corrected chi connectivity index (χ3v) is 4.58. The molecule has 1 atom stereocenters. The second kappa shape index (κ2) is 5.40. The molecule has 1 unspecified atom stereocenters. The van der Waals surface area contributed by atoms with E-state index in [1.54, 1.807) is 7.11 Å². The summed E-state index contributed by atoms with van der Waals surface area (Å²) in [4.78, 5) is 0. The van der Waals surface area contributed by atoms with Crippen LogP contribution in [-0.2, 0) is 4.74 Å². The molecule has 17 heavy (non-hydrogen) atoms. The molecule has 0 heterocycles. The van der Waals surface area contributed by atoms with Crippen LogP contribution in [0.25, 0.3) is 0 Å². The molecular formula is C14H20BrNO.